The maximum Gasteiger partial charge on any atom is 0.328 e. The van der Waals surface area contributed by atoms with Crippen LogP contribution in [0.1, 0.15) is 32.1 Å². The maximum atomic E-state index is 12.4. The van der Waals surface area contributed by atoms with Crippen molar-refractivity contribution in [3.8, 4) is 0 Å². The monoisotopic (exact) mass is 240 g/mol. The smallest absolute Gasteiger partial charge is 0.328 e. The Kier molecular flexibility index (Phi) is 3.38. The zero-order valence-corrected chi connectivity index (χ0v) is 10.3. The Morgan fingerprint density at radius 3 is 2.59 bits per heavy atom. The molecular weight excluding hydrogens is 220 g/mol. The molecule has 0 bridgehead atoms. The molecule has 1 atom stereocenters. The van der Waals surface area contributed by atoms with E-state index >= 15 is 0 Å². The summed E-state index contributed by atoms with van der Waals surface area (Å²) in [6.45, 7) is 1.04. The van der Waals surface area contributed by atoms with Gasteiger partial charge in [0.1, 0.15) is 6.04 Å². The lowest BCUT2D eigenvalue weighted by Crippen LogP contribution is -2.54. The van der Waals surface area contributed by atoms with E-state index in [-0.39, 0.29) is 11.9 Å². The molecule has 1 aliphatic carbocycles. The summed E-state index contributed by atoms with van der Waals surface area (Å²) in [6.07, 6.45) is 4.34. The maximum absolute atomic E-state index is 12.4. The van der Waals surface area contributed by atoms with Gasteiger partial charge < -0.3 is 15.4 Å². The predicted octanol–water partition coefficient (Wildman–Crippen LogP) is 0.279. The molecule has 2 rings (SSSR count). The SMILES string of the molecule is COC(=O)C1CCCN1C(=O)C1(CN)CCC1. The van der Waals surface area contributed by atoms with Gasteiger partial charge in [0, 0.05) is 13.1 Å². The molecule has 1 saturated carbocycles. The highest BCUT2D eigenvalue weighted by molar-refractivity contribution is 5.89. The number of amides is 1. The summed E-state index contributed by atoms with van der Waals surface area (Å²) in [5.41, 5.74) is 5.34. The largest absolute Gasteiger partial charge is 0.467 e. The van der Waals surface area contributed by atoms with Gasteiger partial charge in [-0.15, -0.1) is 0 Å². The molecule has 5 heteroatoms. The van der Waals surface area contributed by atoms with E-state index < -0.39 is 11.5 Å². The lowest BCUT2D eigenvalue weighted by Gasteiger charge is -2.42. The van der Waals surface area contributed by atoms with E-state index in [0.29, 0.717) is 19.5 Å². The number of rotatable bonds is 3. The summed E-state index contributed by atoms with van der Waals surface area (Å²) in [4.78, 5) is 25.7. The highest BCUT2D eigenvalue weighted by atomic mass is 16.5. The molecule has 1 aliphatic heterocycles. The van der Waals surface area contributed by atoms with Crippen molar-refractivity contribution in [2.24, 2.45) is 11.1 Å². The zero-order valence-electron chi connectivity index (χ0n) is 10.3. The minimum absolute atomic E-state index is 0.0548. The summed E-state index contributed by atoms with van der Waals surface area (Å²) in [5, 5.41) is 0. The number of hydrogen-bond acceptors (Lipinski definition) is 4. The molecular formula is C12H20N2O3. The number of hydrogen-bond donors (Lipinski definition) is 1. The number of nitrogens with two attached hydrogens (primary N) is 1. The molecule has 1 amide bonds. The van der Waals surface area contributed by atoms with E-state index in [1.807, 2.05) is 0 Å². The molecule has 2 N–H and O–H groups in total. The number of methoxy groups -OCH3 is 1. The first-order valence-corrected chi connectivity index (χ1v) is 6.23. The van der Waals surface area contributed by atoms with E-state index in [9.17, 15) is 9.59 Å². The van der Waals surface area contributed by atoms with Crippen molar-refractivity contribution in [1.29, 1.82) is 0 Å². The van der Waals surface area contributed by atoms with Crippen molar-refractivity contribution in [3.05, 3.63) is 0 Å². The number of ether oxygens (including phenoxy) is 1. The third-order valence-corrected chi connectivity index (χ3v) is 4.14. The van der Waals surface area contributed by atoms with Crippen LogP contribution in [0.25, 0.3) is 0 Å². The zero-order chi connectivity index (χ0) is 12.5. The lowest BCUT2D eigenvalue weighted by molar-refractivity contribution is -0.157. The second-order valence-corrected chi connectivity index (χ2v) is 5.02. The van der Waals surface area contributed by atoms with Crippen LogP contribution in [0.3, 0.4) is 0 Å². The fourth-order valence-electron chi connectivity index (χ4n) is 2.80. The number of nitrogens with zero attached hydrogens (tertiary/aromatic N) is 1. The Hall–Kier alpha value is -1.10. The van der Waals surface area contributed by atoms with Gasteiger partial charge >= 0.3 is 5.97 Å². The standard InChI is InChI=1S/C12H20N2O3/c1-17-10(15)9-4-2-7-14(9)11(16)12(8-13)5-3-6-12/h9H,2-8,13H2,1H3. The van der Waals surface area contributed by atoms with Crippen LogP contribution in [0.15, 0.2) is 0 Å². The van der Waals surface area contributed by atoms with Crippen LogP contribution >= 0.6 is 0 Å². The summed E-state index contributed by atoms with van der Waals surface area (Å²) < 4.78 is 4.75. The van der Waals surface area contributed by atoms with Crippen molar-refractivity contribution in [2.45, 2.75) is 38.1 Å². The molecule has 0 aromatic rings. The van der Waals surface area contributed by atoms with E-state index in [2.05, 4.69) is 0 Å². The first kappa shape index (κ1) is 12.4. The topological polar surface area (TPSA) is 72.6 Å². The van der Waals surface area contributed by atoms with Crippen LogP contribution < -0.4 is 5.73 Å². The van der Waals surface area contributed by atoms with E-state index in [0.717, 1.165) is 25.7 Å². The van der Waals surface area contributed by atoms with Gasteiger partial charge in [-0.2, -0.15) is 0 Å². The Morgan fingerprint density at radius 1 is 1.41 bits per heavy atom. The average Bonchev–Trinajstić information content (AvgIpc) is 2.75. The van der Waals surface area contributed by atoms with E-state index in [4.69, 9.17) is 10.5 Å². The number of esters is 1. The highest BCUT2D eigenvalue weighted by Crippen LogP contribution is 2.42. The van der Waals surface area contributed by atoms with Gasteiger partial charge in [-0.3, -0.25) is 4.79 Å². The van der Waals surface area contributed by atoms with Crippen molar-refractivity contribution in [1.82, 2.24) is 4.90 Å². The third kappa shape index (κ3) is 1.92. The second kappa shape index (κ2) is 4.64. The molecule has 96 valence electrons. The first-order chi connectivity index (χ1) is 8.14. The molecule has 0 aromatic carbocycles. The Bertz CT molecular complexity index is 320. The van der Waals surface area contributed by atoms with Crippen LogP contribution in [0.5, 0.6) is 0 Å². The summed E-state index contributed by atoms with van der Waals surface area (Å²) in [6, 6.07) is -0.392. The second-order valence-electron chi connectivity index (χ2n) is 5.02. The van der Waals surface area contributed by atoms with Gasteiger partial charge in [0.15, 0.2) is 0 Å². The molecule has 17 heavy (non-hydrogen) atoms. The predicted molar refractivity (Wildman–Crippen MR) is 62.1 cm³/mol. The van der Waals surface area contributed by atoms with Gasteiger partial charge in [-0.25, -0.2) is 4.79 Å². The van der Waals surface area contributed by atoms with Gasteiger partial charge in [0.2, 0.25) is 5.91 Å². The van der Waals surface area contributed by atoms with E-state index in [1.54, 1.807) is 4.90 Å². The van der Waals surface area contributed by atoms with Crippen molar-refractivity contribution < 1.29 is 14.3 Å². The summed E-state index contributed by atoms with van der Waals surface area (Å²) >= 11 is 0. The van der Waals surface area contributed by atoms with Crippen LogP contribution in [0.4, 0.5) is 0 Å². The summed E-state index contributed by atoms with van der Waals surface area (Å²) in [5.74, 6) is -0.249. The van der Waals surface area contributed by atoms with Gasteiger partial charge in [0.05, 0.1) is 12.5 Å². The van der Waals surface area contributed by atoms with E-state index in [1.165, 1.54) is 7.11 Å². The molecule has 1 unspecified atom stereocenters. The van der Waals surface area contributed by atoms with Gasteiger partial charge in [0.25, 0.3) is 0 Å². The van der Waals surface area contributed by atoms with Crippen molar-refractivity contribution in [3.63, 3.8) is 0 Å². The molecule has 1 saturated heterocycles. The van der Waals surface area contributed by atoms with Crippen LogP contribution in [-0.2, 0) is 14.3 Å². The van der Waals surface area contributed by atoms with Crippen molar-refractivity contribution >= 4 is 11.9 Å². The number of carbonyl (C=O) groups excluding carboxylic acids is 2. The molecule has 1 heterocycles. The number of likely N-dealkylation sites (tertiary alicyclic amines) is 1. The van der Waals surface area contributed by atoms with Crippen LogP contribution in [0, 0.1) is 5.41 Å². The van der Waals surface area contributed by atoms with Gasteiger partial charge in [-0.1, -0.05) is 6.42 Å². The first-order valence-electron chi connectivity index (χ1n) is 6.23. The molecule has 0 aromatic heterocycles. The quantitative estimate of drug-likeness (QED) is 0.719. The lowest BCUT2D eigenvalue weighted by atomic mass is 9.67. The van der Waals surface area contributed by atoms with Gasteiger partial charge in [-0.05, 0) is 25.7 Å². The average molecular weight is 240 g/mol. The van der Waals surface area contributed by atoms with Crippen LogP contribution in [0.2, 0.25) is 0 Å². The van der Waals surface area contributed by atoms with Crippen molar-refractivity contribution in [2.75, 3.05) is 20.2 Å². The molecule has 0 spiro atoms. The fourth-order valence-corrected chi connectivity index (χ4v) is 2.80. The Balaban J connectivity index is 2.10. The fraction of sp³-hybridized carbons (Fsp3) is 0.833. The van der Waals surface area contributed by atoms with Crippen LogP contribution in [-0.4, -0.2) is 43.0 Å². The number of carbonyl (C=O) groups is 2. The Labute approximate surface area is 101 Å². The molecule has 5 nitrogen and oxygen atoms in total. The normalized spacial score (nSPS) is 26.5. The third-order valence-electron chi connectivity index (χ3n) is 4.14. The summed E-state index contributed by atoms with van der Waals surface area (Å²) in [7, 11) is 1.37. The minimum Gasteiger partial charge on any atom is -0.467 e. The molecule has 2 aliphatic rings. The molecule has 2 fully saturated rings. The Morgan fingerprint density at radius 2 is 2.12 bits per heavy atom. The minimum atomic E-state index is -0.392. The molecule has 0 radical (unpaired) electrons. The highest BCUT2D eigenvalue weighted by Gasteiger charge is 2.48.